The Balaban J connectivity index is 1.69. The Labute approximate surface area is 184 Å². The minimum absolute atomic E-state index is 0.0795. The molecule has 158 valence electrons. The summed E-state index contributed by atoms with van der Waals surface area (Å²) in [6, 6.07) is 14.9. The molecule has 0 amide bonds. The average molecular weight is 437 g/mol. The summed E-state index contributed by atoms with van der Waals surface area (Å²) in [5.74, 6) is 0.760. The molecule has 0 saturated heterocycles. The molecule has 8 heteroatoms. The number of halogens is 1. The molecule has 2 aromatic carbocycles. The maximum atomic E-state index is 10.0. The number of rotatable bonds is 7. The van der Waals surface area contributed by atoms with E-state index in [9.17, 15) is 5.11 Å². The first-order valence-corrected chi connectivity index (χ1v) is 9.98. The number of nitrogens with zero attached hydrogens (tertiary/aromatic N) is 2. The van der Waals surface area contributed by atoms with E-state index in [-0.39, 0.29) is 10.8 Å². The van der Waals surface area contributed by atoms with Gasteiger partial charge in [-0.05, 0) is 47.5 Å². The quantitative estimate of drug-likeness (QED) is 0.384. The smallest absolute Gasteiger partial charge is 0.213 e. The Morgan fingerprint density at radius 1 is 1.06 bits per heavy atom. The maximum absolute atomic E-state index is 10.0. The fourth-order valence-corrected chi connectivity index (χ4v) is 3.40. The van der Waals surface area contributed by atoms with Gasteiger partial charge in [0.25, 0.3) is 0 Å². The lowest BCUT2D eigenvalue weighted by atomic mass is 10.0. The van der Waals surface area contributed by atoms with Crippen molar-refractivity contribution in [3.63, 3.8) is 0 Å². The molecule has 0 unspecified atom stereocenters. The number of nitrogens with one attached hydrogen (secondary N) is 1. The Kier molecular flexibility index (Phi) is 6.06. The summed E-state index contributed by atoms with van der Waals surface area (Å²) in [5, 5.41) is 14.5. The van der Waals surface area contributed by atoms with Crippen molar-refractivity contribution in [1.82, 2.24) is 9.97 Å². The van der Waals surface area contributed by atoms with Crippen molar-refractivity contribution in [1.29, 1.82) is 0 Å². The van der Waals surface area contributed by atoms with Crippen molar-refractivity contribution in [2.45, 2.75) is 0 Å². The number of pyridine rings is 2. The van der Waals surface area contributed by atoms with Crippen LogP contribution in [0.3, 0.4) is 0 Å². The van der Waals surface area contributed by atoms with E-state index >= 15 is 0 Å². The topological polar surface area (TPSA) is 103 Å². The molecule has 2 heterocycles. The molecule has 2 aromatic heterocycles. The number of benzene rings is 2. The van der Waals surface area contributed by atoms with Crippen molar-refractivity contribution in [3.05, 3.63) is 65.9 Å². The van der Waals surface area contributed by atoms with Gasteiger partial charge in [-0.1, -0.05) is 17.7 Å². The highest BCUT2D eigenvalue weighted by Crippen LogP contribution is 2.39. The number of nitrogens with two attached hydrogens (primary N) is 1. The first-order chi connectivity index (χ1) is 15.1. The van der Waals surface area contributed by atoms with Gasteiger partial charge in [0.05, 0.1) is 29.5 Å². The molecule has 0 aliphatic carbocycles. The van der Waals surface area contributed by atoms with Gasteiger partial charge in [-0.3, -0.25) is 4.98 Å². The molecule has 4 aromatic rings. The largest absolute Gasteiger partial charge is 0.503 e. The fraction of sp³-hybridized carbons (Fsp3) is 0.130. The number of phenolic OH excluding ortho intramolecular Hbond substituents is 1. The molecule has 0 radical (unpaired) electrons. The Bertz CT molecular complexity index is 1220. The standard InChI is InChI=1S/C23H21ClN4O3/c1-30-21-12-15(11-18(24)23(21)29)14-2-4-19-17(10-14)20(6-8-26-19)28-16-3-5-22(27-13-16)31-9-7-25/h2-6,8,10-13,29H,7,9,25H2,1H3,(H,26,28). The molecule has 0 atom stereocenters. The lowest BCUT2D eigenvalue weighted by molar-refractivity contribution is 0.316. The molecule has 0 fully saturated rings. The summed E-state index contributed by atoms with van der Waals surface area (Å²) in [4.78, 5) is 8.74. The number of aromatic hydroxyl groups is 1. The second kappa shape index (κ2) is 9.07. The van der Waals surface area contributed by atoms with Crippen LogP contribution in [0.15, 0.2) is 60.9 Å². The highest BCUT2D eigenvalue weighted by Gasteiger charge is 2.12. The predicted molar refractivity (Wildman–Crippen MR) is 122 cm³/mol. The molecule has 0 bridgehead atoms. The summed E-state index contributed by atoms with van der Waals surface area (Å²) < 4.78 is 10.6. The van der Waals surface area contributed by atoms with Crippen molar-refractivity contribution < 1.29 is 14.6 Å². The fourth-order valence-electron chi connectivity index (χ4n) is 3.19. The molecule has 0 spiro atoms. The van der Waals surface area contributed by atoms with E-state index in [4.69, 9.17) is 26.8 Å². The van der Waals surface area contributed by atoms with E-state index in [2.05, 4.69) is 15.3 Å². The molecular weight excluding hydrogens is 416 g/mol. The number of phenols is 1. The predicted octanol–water partition coefficient (Wildman–Crippen LogP) is 4.75. The highest BCUT2D eigenvalue weighted by atomic mass is 35.5. The number of anilines is 2. The maximum Gasteiger partial charge on any atom is 0.213 e. The Hall–Kier alpha value is -3.55. The van der Waals surface area contributed by atoms with Gasteiger partial charge >= 0.3 is 0 Å². The van der Waals surface area contributed by atoms with Crippen LogP contribution in [-0.4, -0.2) is 35.3 Å². The van der Waals surface area contributed by atoms with Gasteiger partial charge < -0.3 is 25.6 Å². The van der Waals surface area contributed by atoms with Crippen molar-refractivity contribution in [2.24, 2.45) is 5.73 Å². The van der Waals surface area contributed by atoms with E-state index in [0.29, 0.717) is 24.8 Å². The second-order valence-corrected chi connectivity index (χ2v) is 7.15. The molecule has 7 nitrogen and oxygen atoms in total. The third-order valence-electron chi connectivity index (χ3n) is 4.71. The minimum atomic E-state index is -0.0795. The zero-order valence-corrected chi connectivity index (χ0v) is 17.6. The summed E-state index contributed by atoms with van der Waals surface area (Å²) in [7, 11) is 1.49. The van der Waals surface area contributed by atoms with E-state index in [0.717, 1.165) is 33.4 Å². The van der Waals surface area contributed by atoms with Crippen LogP contribution in [0, 0.1) is 0 Å². The van der Waals surface area contributed by atoms with Crippen molar-refractivity contribution >= 4 is 33.9 Å². The summed E-state index contributed by atoms with van der Waals surface area (Å²) in [6.07, 6.45) is 3.45. The summed E-state index contributed by atoms with van der Waals surface area (Å²) in [6.45, 7) is 0.856. The van der Waals surface area contributed by atoms with Crippen LogP contribution in [0.1, 0.15) is 0 Å². The number of fused-ring (bicyclic) bond motifs is 1. The van der Waals surface area contributed by atoms with E-state index < -0.39 is 0 Å². The van der Waals surface area contributed by atoms with Gasteiger partial charge in [0.1, 0.15) is 6.61 Å². The monoisotopic (exact) mass is 436 g/mol. The normalized spacial score (nSPS) is 10.8. The summed E-state index contributed by atoms with van der Waals surface area (Å²) in [5.41, 5.74) is 9.70. The van der Waals surface area contributed by atoms with Crippen LogP contribution >= 0.6 is 11.6 Å². The van der Waals surface area contributed by atoms with Gasteiger partial charge in [0.15, 0.2) is 11.5 Å². The van der Waals surface area contributed by atoms with Gasteiger partial charge in [-0.2, -0.15) is 0 Å². The SMILES string of the molecule is COc1cc(-c2ccc3nccc(Nc4ccc(OCCN)nc4)c3c2)cc(Cl)c1O. The lowest BCUT2D eigenvalue weighted by Crippen LogP contribution is -2.11. The van der Waals surface area contributed by atoms with Crippen molar-refractivity contribution in [2.75, 3.05) is 25.6 Å². The van der Waals surface area contributed by atoms with Crippen LogP contribution in [0.25, 0.3) is 22.0 Å². The van der Waals surface area contributed by atoms with Crippen LogP contribution in [-0.2, 0) is 0 Å². The minimum Gasteiger partial charge on any atom is -0.503 e. The van der Waals surface area contributed by atoms with Crippen LogP contribution < -0.4 is 20.5 Å². The Morgan fingerprint density at radius 3 is 2.68 bits per heavy atom. The van der Waals surface area contributed by atoms with Crippen LogP contribution in [0.5, 0.6) is 17.4 Å². The number of hydrogen-bond donors (Lipinski definition) is 3. The van der Waals surface area contributed by atoms with Crippen molar-refractivity contribution in [3.8, 4) is 28.5 Å². The lowest BCUT2D eigenvalue weighted by Gasteiger charge is -2.12. The first-order valence-electron chi connectivity index (χ1n) is 9.60. The third-order valence-corrected chi connectivity index (χ3v) is 4.99. The summed E-state index contributed by atoms with van der Waals surface area (Å²) >= 11 is 6.17. The van der Waals surface area contributed by atoms with Gasteiger partial charge in [-0.15, -0.1) is 0 Å². The number of ether oxygens (including phenoxy) is 2. The van der Waals surface area contributed by atoms with Crippen LogP contribution in [0.4, 0.5) is 11.4 Å². The van der Waals surface area contributed by atoms with Gasteiger partial charge in [0.2, 0.25) is 5.88 Å². The third kappa shape index (κ3) is 4.47. The van der Waals surface area contributed by atoms with Gasteiger partial charge in [0, 0.05) is 29.9 Å². The van der Waals surface area contributed by atoms with Crippen LogP contribution in [0.2, 0.25) is 5.02 Å². The average Bonchev–Trinajstić information content (AvgIpc) is 2.80. The molecule has 4 rings (SSSR count). The van der Waals surface area contributed by atoms with E-state index in [1.165, 1.54) is 7.11 Å². The zero-order chi connectivity index (χ0) is 21.8. The molecule has 0 aliphatic rings. The molecule has 0 aliphatic heterocycles. The number of aromatic nitrogens is 2. The Morgan fingerprint density at radius 2 is 1.94 bits per heavy atom. The molecule has 31 heavy (non-hydrogen) atoms. The van der Waals surface area contributed by atoms with E-state index in [1.54, 1.807) is 30.6 Å². The molecular formula is C23H21ClN4O3. The number of methoxy groups -OCH3 is 1. The number of hydrogen-bond acceptors (Lipinski definition) is 7. The van der Waals surface area contributed by atoms with Gasteiger partial charge in [-0.25, -0.2) is 4.98 Å². The molecule has 4 N–H and O–H groups in total. The molecule has 0 saturated carbocycles. The zero-order valence-electron chi connectivity index (χ0n) is 16.8. The van der Waals surface area contributed by atoms with E-state index in [1.807, 2.05) is 30.3 Å². The second-order valence-electron chi connectivity index (χ2n) is 6.75. The highest BCUT2D eigenvalue weighted by molar-refractivity contribution is 6.32. The first kappa shape index (κ1) is 20.7.